The van der Waals surface area contributed by atoms with E-state index >= 15 is 0 Å². The number of carbonyl (C=O) groups is 1. The van der Waals surface area contributed by atoms with Gasteiger partial charge in [-0.15, -0.1) is 21.5 Å². The number of halogens is 1. The van der Waals surface area contributed by atoms with Crippen molar-refractivity contribution in [2.45, 2.75) is 0 Å². The van der Waals surface area contributed by atoms with Crippen molar-refractivity contribution in [3.05, 3.63) is 45.5 Å². The zero-order chi connectivity index (χ0) is 12.5. The lowest BCUT2D eigenvalue weighted by Gasteiger charge is -2.05. The molecular weight excluding hydrogens is 316 g/mol. The van der Waals surface area contributed by atoms with Gasteiger partial charge in [-0.3, -0.25) is 9.20 Å². The van der Waals surface area contributed by atoms with E-state index in [0.29, 0.717) is 16.2 Å². The van der Waals surface area contributed by atoms with Gasteiger partial charge >= 0.3 is 0 Å². The highest BCUT2D eigenvalue weighted by atomic mass is 79.9. The molecular formula is C11H7BrN4OS. The first kappa shape index (κ1) is 11.4. The number of amides is 1. The first-order chi connectivity index (χ1) is 8.74. The van der Waals surface area contributed by atoms with Crippen LogP contribution < -0.4 is 5.32 Å². The van der Waals surface area contributed by atoms with Crippen LogP contribution in [0.2, 0.25) is 0 Å². The molecule has 0 unspecified atom stereocenters. The first-order valence-electron chi connectivity index (χ1n) is 5.08. The van der Waals surface area contributed by atoms with E-state index in [-0.39, 0.29) is 5.91 Å². The van der Waals surface area contributed by atoms with E-state index in [1.165, 1.54) is 11.3 Å². The quantitative estimate of drug-likeness (QED) is 0.789. The second kappa shape index (κ2) is 4.51. The van der Waals surface area contributed by atoms with Gasteiger partial charge in [0.25, 0.3) is 5.91 Å². The molecule has 0 aliphatic carbocycles. The molecule has 0 bridgehead atoms. The zero-order valence-corrected chi connectivity index (χ0v) is 11.4. The van der Waals surface area contributed by atoms with Gasteiger partial charge in [0, 0.05) is 10.7 Å². The average molecular weight is 323 g/mol. The summed E-state index contributed by atoms with van der Waals surface area (Å²) in [6.45, 7) is 0. The summed E-state index contributed by atoms with van der Waals surface area (Å²) >= 11 is 4.78. The Balaban J connectivity index is 1.99. The van der Waals surface area contributed by atoms with Crippen LogP contribution in [-0.4, -0.2) is 20.5 Å². The minimum Gasteiger partial charge on any atom is -0.318 e. The average Bonchev–Trinajstić information content (AvgIpc) is 2.98. The Labute approximate surface area is 115 Å². The van der Waals surface area contributed by atoms with Gasteiger partial charge in [-0.05, 0) is 33.4 Å². The van der Waals surface area contributed by atoms with Crippen LogP contribution in [0.3, 0.4) is 0 Å². The van der Waals surface area contributed by atoms with Gasteiger partial charge in [-0.1, -0.05) is 6.07 Å². The van der Waals surface area contributed by atoms with Crippen molar-refractivity contribution in [1.29, 1.82) is 0 Å². The number of carbonyl (C=O) groups excluding carboxylic acids is 1. The fourth-order valence-electron chi connectivity index (χ4n) is 1.59. The van der Waals surface area contributed by atoms with Crippen molar-refractivity contribution in [1.82, 2.24) is 14.6 Å². The number of fused-ring (bicyclic) bond motifs is 1. The Morgan fingerprint density at radius 1 is 1.50 bits per heavy atom. The normalized spacial score (nSPS) is 10.7. The number of aromatic nitrogens is 3. The maximum absolute atomic E-state index is 12.0. The van der Waals surface area contributed by atoms with E-state index in [4.69, 9.17) is 0 Å². The van der Waals surface area contributed by atoms with Gasteiger partial charge in [-0.2, -0.15) is 0 Å². The topological polar surface area (TPSA) is 59.3 Å². The molecule has 3 heterocycles. The molecule has 0 fully saturated rings. The van der Waals surface area contributed by atoms with Crippen LogP contribution in [0, 0.1) is 0 Å². The molecule has 3 rings (SSSR count). The van der Waals surface area contributed by atoms with Gasteiger partial charge in [-0.25, -0.2) is 0 Å². The highest BCUT2D eigenvalue weighted by molar-refractivity contribution is 9.10. The molecule has 1 N–H and O–H groups in total. The SMILES string of the molecule is O=C(Nc1cc(Br)cn2cnnc12)c1cccs1. The van der Waals surface area contributed by atoms with Crippen molar-refractivity contribution in [3.63, 3.8) is 0 Å². The largest absolute Gasteiger partial charge is 0.318 e. The molecule has 0 atom stereocenters. The molecule has 5 nitrogen and oxygen atoms in total. The van der Waals surface area contributed by atoms with Crippen molar-refractivity contribution in [2.75, 3.05) is 5.32 Å². The summed E-state index contributed by atoms with van der Waals surface area (Å²) in [5.74, 6) is -0.145. The minimum atomic E-state index is -0.145. The smallest absolute Gasteiger partial charge is 0.265 e. The molecule has 0 aliphatic heterocycles. The molecule has 0 saturated heterocycles. The number of pyridine rings is 1. The van der Waals surface area contributed by atoms with E-state index < -0.39 is 0 Å². The van der Waals surface area contributed by atoms with Gasteiger partial charge in [0.2, 0.25) is 0 Å². The van der Waals surface area contributed by atoms with Crippen molar-refractivity contribution < 1.29 is 4.79 Å². The molecule has 7 heteroatoms. The third-order valence-electron chi connectivity index (χ3n) is 2.35. The molecule has 18 heavy (non-hydrogen) atoms. The molecule has 0 aromatic carbocycles. The number of hydrogen-bond acceptors (Lipinski definition) is 4. The van der Waals surface area contributed by atoms with Gasteiger partial charge in [0.1, 0.15) is 6.33 Å². The molecule has 0 saturated carbocycles. The van der Waals surface area contributed by atoms with Crippen molar-refractivity contribution >= 4 is 44.5 Å². The van der Waals surface area contributed by atoms with Crippen LogP contribution in [-0.2, 0) is 0 Å². The van der Waals surface area contributed by atoms with E-state index in [0.717, 1.165) is 4.47 Å². The standard InChI is InChI=1S/C11H7BrN4OS/c12-7-4-8(10-15-13-6-16(10)5-7)14-11(17)9-2-1-3-18-9/h1-6H,(H,14,17). The molecule has 0 radical (unpaired) electrons. The summed E-state index contributed by atoms with van der Waals surface area (Å²) in [6.07, 6.45) is 3.41. The lowest BCUT2D eigenvalue weighted by atomic mass is 10.3. The third kappa shape index (κ3) is 2.02. The Kier molecular flexibility index (Phi) is 2.85. The summed E-state index contributed by atoms with van der Waals surface area (Å²) in [5, 5.41) is 12.5. The van der Waals surface area contributed by atoms with Crippen molar-refractivity contribution in [2.24, 2.45) is 0 Å². The highest BCUT2D eigenvalue weighted by Gasteiger charge is 2.11. The van der Waals surface area contributed by atoms with Crippen LogP contribution in [0.1, 0.15) is 9.67 Å². The molecule has 0 aliphatic rings. The van der Waals surface area contributed by atoms with Crippen LogP contribution in [0.4, 0.5) is 5.69 Å². The van der Waals surface area contributed by atoms with E-state index in [9.17, 15) is 4.79 Å². The van der Waals surface area contributed by atoms with E-state index in [1.54, 1.807) is 22.9 Å². The van der Waals surface area contributed by atoms with Gasteiger partial charge in [0.05, 0.1) is 10.6 Å². The predicted molar refractivity (Wildman–Crippen MR) is 73.0 cm³/mol. The monoisotopic (exact) mass is 322 g/mol. The Morgan fingerprint density at radius 3 is 3.17 bits per heavy atom. The Hall–Kier alpha value is -1.73. The second-order valence-electron chi connectivity index (χ2n) is 3.57. The first-order valence-corrected chi connectivity index (χ1v) is 6.75. The number of nitrogens with zero attached hydrogens (tertiary/aromatic N) is 3. The third-order valence-corrected chi connectivity index (χ3v) is 3.65. The Bertz CT molecular complexity index is 707. The molecule has 90 valence electrons. The van der Waals surface area contributed by atoms with E-state index in [1.807, 2.05) is 17.6 Å². The van der Waals surface area contributed by atoms with Crippen molar-refractivity contribution in [3.8, 4) is 0 Å². The summed E-state index contributed by atoms with van der Waals surface area (Å²) in [6, 6.07) is 5.42. The predicted octanol–water partition coefficient (Wildman–Crippen LogP) is 2.81. The molecule has 1 amide bonds. The molecule has 3 aromatic heterocycles. The van der Waals surface area contributed by atoms with Crippen LogP contribution in [0.5, 0.6) is 0 Å². The number of anilines is 1. The number of thiophene rings is 1. The number of rotatable bonds is 2. The lowest BCUT2D eigenvalue weighted by molar-refractivity contribution is 0.103. The summed E-state index contributed by atoms with van der Waals surface area (Å²) in [5.41, 5.74) is 1.24. The summed E-state index contributed by atoms with van der Waals surface area (Å²) in [4.78, 5) is 12.6. The maximum atomic E-state index is 12.0. The zero-order valence-electron chi connectivity index (χ0n) is 9.00. The minimum absolute atomic E-state index is 0.145. The second-order valence-corrected chi connectivity index (χ2v) is 5.43. The van der Waals surface area contributed by atoms with Crippen LogP contribution in [0.15, 0.2) is 40.6 Å². The van der Waals surface area contributed by atoms with Gasteiger partial charge < -0.3 is 5.32 Å². The Morgan fingerprint density at radius 2 is 2.39 bits per heavy atom. The lowest BCUT2D eigenvalue weighted by Crippen LogP contribution is -2.11. The summed E-state index contributed by atoms with van der Waals surface area (Å²) < 4.78 is 2.59. The van der Waals surface area contributed by atoms with Crippen LogP contribution >= 0.6 is 27.3 Å². The number of hydrogen-bond donors (Lipinski definition) is 1. The van der Waals surface area contributed by atoms with Crippen LogP contribution in [0.25, 0.3) is 5.65 Å². The fourth-order valence-corrected chi connectivity index (χ4v) is 2.65. The fraction of sp³-hybridized carbons (Fsp3) is 0. The molecule has 3 aromatic rings. The number of nitrogens with one attached hydrogen (secondary N) is 1. The van der Waals surface area contributed by atoms with Gasteiger partial charge in [0.15, 0.2) is 5.65 Å². The highest BCUT2D eigenvalue weighted by Crippen LogP contribution is 2.22. The summed E-state index contributed by atoms with van der Waals surface area (Å²) in [7, 11) is 0. The molecule has 0 spiro atoms. The van der Waals surface area contributed by atoms with E-state index in [2.05, 4.69) is 31.4 Å². The maximum Gasteiger partial charge on any atom is 0.265 e.